The molecular formula is C17H23NO. The fraction of sp³-hybridized carbons (Fsp3) is 0.647. The third-order valence-corrected chi connectivity index (χ3v) is 5.92. The Bertz CT molecular complexity index is 473. The van der Waals surface area contributed by atoms with Gasteiger partial charge in [0.05, 0.1) is 0 Å². The molecule has 4 fully saturated rings. The highest BCUT2D eigenvalue weighted by molar-refractivity contribution is 5.18. The largest absolute Gasteiger partial charge is 0.313 e. The van der Waals surface area contributed by atoms with E-state index in [0.717, 1.165) is 18.3 Å². The molecule has 2 nitrogen and oxygen atoms in total. The van der Waals surface area contributed by atoms with Gasteiger partial charge in [-0.1, -0.05) is 30.3 Å². The van der Waals surface area contributed by atoms with Crippen LogP contribution in [0.1, 0.15) is 38.2 Å². The standard InChI is InChI=1S/C17H23NO/c1-17-10-13-7-14(11-17)15(16(9-13)18(17)19)8-12-5-3-2-4-6-12/h2-6,13-16,19H,7-11H2,1H3/t13-,14-,15+,16-,17+/m1/s1. The lowest BCUT2D eigenvalue weighted by atomic mass is 9.54. The van der Waals surface area contributed by atoms with Crippen molar-refractivity contribution >= 4 is 0 Å². The lowest BCUT2D eigenvalue weighted by molar-refractivity contribution is -0.288. The highest BCUT2D eigenvalue weighted by atomic mass is 16.5. The van der Waals surface area contributed by atoms with E-state index in [0.29, 0.717) is 12.0 Å². The van der Waals surface area contributed by atoms with Gasteiger partial charge in [0.25, 0.3) is 0 Å². The first kappa shape index (κ1) is 11.9. The van der Waals surface area contributed by atoms with E-state index in [1.807, 2.05) is 0 Å². The fourth-order valence-corrected chi connectivity index (χ4v) is 5.26. The van der Waals surface area contributed by atoms with Crippen molar-refractivity contribution in [3.63, 3.8) is 0 Å². The molecule has 19 heavy (non-hydrogen) atoms. The Hall–Kier alpha value is -0.860. The van der Waals surface area contributed by atoms with Crippen molar-refractivity contribution in [2.45, 2.75) is 50.6 Å². The molecule has 2 saturated heterocycles. The zero-order valence-corrected chi connectivity index (χ0v) is 11.6. The summed E-state index contributed by atoms with van der Waals surface area (Å²) in [4.78, 5) is 0. The SMILES string of the molecule is C[C@]12C[C@@H]3C[C@H](C1)[C@H](Cc1ccccc1)[C@@H](C3)N2O. The number of piperidine rings is 2. The maximum absolute atomic E-state index is 10.6. The Morgan fingerprint density at radius 3 is 2.79 bits per heavy atom. The van der Waals surface area contributed by atoms with Gasteiger partial charge in [-0.25, -0.2) is 0 Å². The third kappa shape index (κ3) is 1.77. The minimum absolute atomic E-state index is 0.0731. The van der Waals surface area contributed by atoms with E-state index in [1.165, 1.54) is 31.2 Å². The Labute approximate surface area is 115 Å². The Morgan fingerprint density at radius 1 is 1.21 bits per heavy atom. The number of hydrogen-bond acceptors (Lipinski definition) is 2. The molecule has 0 radical (unpaired) electrons. The van der Waals surface area contributed by atoms with Crippen LogP contribution < -0.4 is 0 Å². The molecular weight excluding hydrogens is 234 g/mol. The summed E-state index contributed by atoms with van der Waals surface area (Å²) in [7, 11) is 0. The van der Waals surface area contributed by atoms with E-state index in [4.69, 9.17) is 0 Å². The van der Waals surface area contributed by atoms with Crippen LogP contribution in [-0.2, 0) is 6.42 Å². The zero-order chi connectivity index (χ0) is 13.0. The van der Waals surface area contributed by atoms with Crippen LogP contribution in [0.3, 0.4) is 0 Å². The third-order valence-electron chi connectivity index (χ3n) is 5.92. The second kappa shape index (κ2) is 4.07. The lowest BCUT2D eigenvalue weighted by Crippen LogP contribution is -2.67. The molecule has 102 valence electrons. The Kier molecular flexibility index (Phi) is 2.55. The highest BCUT2D eigenvalue weighted by Crippen LogP contribution is 2.56. The molecule has 2 aliphatic carbocycles. The maximum atomic E-state index is 10.6. The molecule has 0 aromatic heterocycles. The maximum Gasteiger partial charge on any atom is 0.0441 e. The summed E-state index contributed by atoms with van der Waals surface area (Å²) < 4.78 is 0. The normalized spacial score (nSPS) is 44.7. The van der Waals surface area contributed by atoms with Gasteiger partial charge in [-0.05, 0) is 62.3 Å². The lowest BCUT2D eigenvalue weighted by Gasteiger charge is -2.63. The van der Waals surface area contributed by atoms with Crippen molar-refractivity contribution in [1.82, 2.24) is 5.06 Å². The monoisotopic (exact) mass is 257 g/mol. The molecule has 2 heteroatoms. The summed E-state index contributed by atoms with van der Waals surface area (Å²) in [6, 6.07) is 11.2. The molecule has 4 bridgehead atoms. The van der Waals surface area contributed by atoms with Crippen LogP contribution in [0.15, 0.2) is 30.3 Å². The van der Waals surface area contributed by atoms with Gasteiger partial charge in [-0.15, -0.1) is 0 Å². The van der Waals surface area contributed by atoms with E-state index in [9.17, 15) is 5.21 Å². The first-order valence-electron chi connectivity index (χ1n) is 7.68. The first-order chi connectivity index (χ1) is 9.16. The second-order valence-electron chi connectivity index (χ2n) is 7.27. The fourth-order valence-electron chi connectivity index (χ4n) is 5.26. The van der Waals surface area contributed by atoms with Crippen molar-refractivity contribution in [2.24, 2.45) is 17.8 Å². The van der Waals surface area contributed by atoms with Gasteiger partial charge in [0, 0.05) is 11.6 Å². The predicted molar refractivity (Wildman–Crippen MR) is 74.9 cm³/mol. The minimum atomic E-state index is 0.0731. The molecule has 2 heterocycles. The van der Waals surface area contributed by atoms with Gasteiger partial charge in [0.2, 0.25) is 0 Å². The molecule has 4 aliphatic rings. The van der Waals surface area contributed by atoms with Crippen molar-refractivity contribution in [3.05, 3.63) is 35.9 Å². The number of hydroxylamine groups is 2. The van der Waals surface area contributed by atoms with E-state index in [1.54, 1.807) is 5.06 Å². The van der Waals surface area contributed by atoms with Crippen LogP contribution in [0.4, 0.5) is 0 Å². The minimum Gasteiger partial charge on any atom is -0.313 e. The van der Waals surface area contributed by atoms with Gasteiger partial charge < -0.3 is 5.21 Å². The van der Waals surface area contributed by atoms with Crippen LogP contribution in [0.25, 0.3) is 0 Å². The van der Waals surface area contributed by atoms with E-state index in [-0.39, 0.29) is 5.54 Å². The number of benzene rings is 1. The van der Waals surface area contributed by atoms with Gasteiger partial charge in [0.15, 0.2) is 0 Å². The Morgan fingerprint density at radius 2 is 2.00 bits per heavy atom. The van der Waals surface area contributed by atoms with Crippen LogP contribution in [0.2, 0.25) is 0 Å². The van der Waals surface area contributed by atoms with Crippen LogP contribution in [0.5, 0.6) is 0 Å². The van der Waals surface area contributed by atoms with Gasteiger partial charge >= 0.3 is 0 Å². The summed E-state index contributed by atoms with van der Waals surface area (Å²) >= 11 is 0. The van der Waals surface area contributed by atoms with Crippen molar-refractivity contribution in [2.75, 3.05) is 0 Å². The molecule has 0 amide bonds. The first-order valence-corrected chi connectivity index (χ1v) is 7.68. The molecule has 2 saturated carbocycles. The zero-order valence-electron chi connectivity index (χ0n) is 11.6. The summed E-state index contributed by atoms with van der Waals surface area (Å²) in [6.07, 6.45) is 6.14. The van der Waals surface area contributed by atoms with Crippen molar-refractivity contribution in [3.8, 4) is 0 Å². The summed E-state index contributed by atoms with van der Waals surface area (Å²) in [5.41, 5.74) is 1.50. The summed E-state index contributed by atoms with van der Waals surface area (Å²) in [5, 5.41) is 12.3. The molecule has 1 aromatic rings. The molecule has 1 N–H and O–H groups in total. The molecule has 2 aliphatic heterocycles. The van der Waals surface area contributed by atoms with Crippen LogP contribution >= 0.6 is 0 Å². The number of hydrogen-bond donors (Lipinski definition) is 1. The Balaban J connectivity index is 1.61. The smallest absolute Gasteiger partial charge is 0.0441 e. The van der Waals surface area contributed by atoms with Gasteiger partial charge in [-0.2, -0.15) is 5.06 Å². The topological polar surface area (TPSA) is 23.5 Å². The van der Waals surface area contributed by atoms with Crippen molar-refractivity contribution < 1.29 is 5.21 Å². The van der Waals surface area contributed by atoms with E-state index >= 15 is 0 Å². The summed E-state index contributed by atoms with van der Waals surface area (Å²) in [5.74, 6) is 2.34. The summed E-state index contributed by atoms with van der Waals surface area (Å²) in [6.45, 7) is 2.26. The quantitative estimate of drug-likeness (QED) is 0.876. The van der Waals surface area contributed by atoms with Gasteiger partial charge in [-0.3, -0.25) is 0 Å². The number of rotatable bonds is 2. The van der Waals surface area contributed by atoms with E-state index < -0.39 is 0 Å². The van der Waals surface area contributed by atoms with Crippen LogP contribution in [0, 0.1) is 17.8 Å². The number of nitrogens with zero attached hydrogens (tertiary/aromatic N) is 1. The van der Waals surface area contributed by atoms with E-state index in [2.05, 4.69) is 37.3 Å². The molecule has 5 atom stereocenters. The molecule has 0 spiro atoms. The molecule has 1 aromatic carbocycles. The van der Waals surface area contributed by atoms with Crippen molar-refractivity contribution in [1.29, 1.82) is 0 Å². The average Bonchev–Trinajstić information content (AvgIpc) is 2.40. The second-order valence-corrected chi connectivity index (χ2v) is 7.27. The van der Waals surface area contributed by atoms with Gasteiger partial charge in [0.1, 0.15) is 0 Å². The molecule has 5 rings (SSSR count). The van der Waals surface area contributed by atoms with Crippen LogP contribution in [-0.4, -0.2) is 21.9 Å². The highest BCUT2D eigenvalue weighted by Gasteiger charge is 2.57. The molecule has 0 unspecified atom stereocenters. The predicted octanol–water partition coefficient (Wildman–Crippen LogP) is 3.50. The average molecular weight is 257 g/mol.